The first-order valence-corrected chi connectivity index (χ1v) is 5.56. The molecule has 1 saturated heterocycles. The van der Waals surface area contributed by atoms with Crippen molar-refractivity contribution in [1.29, 1.82) is 0 Å². The molecule has 7 heteroatoms. The van der Waals surface area contributed by atoms with Gasteiger partial charge in [0, 0.05) is 19.0 Å². The van der Waals surface area contributed by atoms with Crippen LogP contribution in [0.3, 0.4) is 0 Å². The Hall–Kier alpha value is -1.76. The lowest BCUT2D eigenvalue weighted by molar-refractivity contribution is -0.142. The lowest BCUT2D eigenvalue weighted by Gasteiger charge is -2.12. The molecule has 1 aliphatic rings. The Labute approximate surface area is 98.6 Å². The van der Waals surface area contributed by atoms with Crippen molar-refractivity contribution in [2.75, 3.05) is 6.54 Å². The molecule has 17 heavy (non-hydrogen) atoms. The van der Waals surface area contributed by atoms with Crippen LogP contribution >= 0.6 is 0 Å². The molecule has 2 amide bonds. The third kappa shape index (κ3) is 2.50. The van der Waals surface area contributed by atoms with Crippen molar-refractivity contribution in [1.82, 2.24) is 19.9 Å². The number of carbonyl (C=O) groups excluding carboxylic acids is 2. The van der Waals surface area contributed by atoms with Gasteiger partial charge < -0.3 is 5.73 Å². The van der Waals surface area contributed by atoms with Crippen LogP contribution in [0.2, 0.25) is 0 Å². The summed E-state index contributed by atoms with van der Waals surface area (Å²) >= 11 is 0. The number of hydrogen-bond acceptors (Lipinski definition) is 5. The molecular weight excluding hydrogens is 222 g/mol. The van der Waals surface area contributed by atoms with Gasteiger partial charge >= 0.3 is 0 Å². The first-order chi connectivity index (χ1) is 8.08. The number of hydrogen-bond donors (Lipinski definition) is 1. The molecule has 2 heterocycles. The topological polar surface area (TPSA) is 94.1 Å². The van der Waals surface area contributed by atoms with E-state index in [2.05, 4.69) is 10.3 Å². The summed E-state index contributed by atoms with van der Waals surface area (Å²) in [5.41, 5.74) is 6.27. The number of amides is 2. The van der Waals surface area contributed by atoms with Crippen molar-refractivity contribution < 1.29 is 9.59 Å². The Morgan fingerprint density at radius 1 is 1.65 bits per heavy atom. The number of likely N-dealkylation sites (tertiary alicyclic amines) is 1. The molecule has 1 atom stereocenters. The largest absolute Gasteiger partial charge is 0.323 e. The quantitative estimate of drug-likeness (QED) is 0.761. The molecule has 1 aromatic rings. The maximum atomic E-state index is 11.8. The first-order valence-electron chi connectivity index (χ1n) is 5.56. The molecule has 92 valence electrons. The van der Waals surface area contributed by atoms with Crippen LogP contribution < -0.4 is 5.73 Å². The molecule has 1 aromatic heterocycles. The van der Waals surface area contributed by atoms with Crippen molar-refractivity contribution in [3.63, 3.8) is 0 Å². The minimum atomic E-state index is -0.242. The second kappa shape index (κ2) is 4.62. The summed E-state index contributed by atoms with van der Waals surface area (Å²) in [4.78, 5) is 24.4. The molecule has 2 rings (SSSR count). The summed E-state index contributed by atoms with van der Waals surface area (Å²) in [6, 6.07) is -0.215. The van der Waals surface area contributed by atoms with Crippen LogP contribution in [0.1, 0.15) is 31.5 Å². The molecule has 0 aromatic carbocycles. The molecular formula is C10H15N5O2. The fourth-order valence-electron chi connectivity index (χ4n) is 1.74. The SMILES string of the molecule is CC(N)c1cn(CC(=O)N2CCCC2=O)nn1. The molecule has 0 bridgehead atoms. The minimum Gasteiger partial charge on any atom is -0.323 e. The molecule has 0 aliphatic carbocycles. The molecule has 0 saturated carbocycles. The third-order valence-electron chi connectivity index (χ3n) is 2.69. The average molecular weight is 237 g/mol. The van der Waals surface area contributed by atoms with Crippen LogP contribution in [-0.2, 0) is 16.1 Å². The maximum Gasteiger partial charge on any atom is 0.250 e. The van der Waals surface area contributed by atoms with Crippen molar-refractivity contribution >= 4 is 11.8 Å². The van der Waals surface area contributed by atoms with Gasteiger partial charge in [0.25, 0.3) is 5.91 Å². The number of carbonyl (C=O) groups is 2. The van der Waals surface area contributed by atoms with E-state index in [1.807, 2.05) is 0 Å². The van der Waals surface area contributed by atoms with E-state index < -0.39 is 0 Å². The van der Waals surface area contributed by atoms with Crippen LogP contribution in [0.15, 0.2) is 6.20 Å². The van der Waals surface area contributed by atoms with Gasteiger partial charge in [-0.05, 0) is 13.3 Å². The van der Waals surface area contributed by atoms with Gasteiger partial charge in [0.1, 0.15) is 6.54 Å². The zero-order valence-electron chi connectivity index (χ0n) is 9.67. The van der Waals surface area contributed by atoms with Crippen LogP contribution in [0.4, 0.5) is 0 Å². The second-order valence-electron chi connectivity index (χ2n) is 4.17. The van der Waals surface area contributed by atoms with E-state index in [1.165, 1.54) is 9.58 Å². The molecule has 2 N–H and O–H groups in total. The number of aromatic nitrogens is 3. The highest BCUT2D eigenvalue weighted by Gasteiger charge is 2.26. The predicted molar refractivity (Wildman–Crippen MR) is 58.6 cm³/mol. The summed E-state index contributed by atoms with van der Waals surface area (Å²) in [7, 11) is 0. The summed E-state index contributed by atoms with van der Waals surface area (Å²) in [5, 5.41) is 7.65. The van der Waals surface area contributed by atoms with Crippen LogP contribution in [0, 0.1) is 0 Å². The summed E-state index contributed by atoms with van der Waals surface area (Å²) in [6.45, 7) is 2.33. The Balaban J connectivity index is 2.00. The van der Waals surface area contributed by atoms with Crippen molar-refractivity contribution in [3.05, 3.63) is 11.9 Å². The van der Waals surface area contributed by atoms with E-state index in [9.17, 15) is 9.59 Å². The van der Waals surface area contributed by atoms with Gasteiger partial charge in [-0.15, -0.1) is 5.10 Å². The van der Waals surface area contributed by atoms with E-state index in [1.54, 1.807) is 13.1 Å². The van der Waals surface area contributed by atoms with E-state index in [4.69, 9.17) is 5.73 Å². The van der Waals surface area contributed by atoms with Gasteiger partial charge in [-0.1, -0.05) is 5.21 Å². The standard InChI is InChI=1S/C10H15N5O2/c1-7(11)8-5-14(13-12-8)6-10(17)15-4-2-3-9(15)16/h5,7H,2-4,6,11H2,1H3. The first kappa shape index (κ1) is 11.7. The van der Waals surface area contributed by atoms with Crippen LogP contribution in [-0.4, -0.2) is 38.3 Å². The predicted octanol–water partition coefficient (Wildman–Crippen LogP) is -0.553. The number of imide groups is 1. The molecule has 0 spiro atoms. The van der Waals surface area contributed by atoms with Crippen molar-refractivity contribution in [3.8, 4) is 0 Å². The van der Waals surface area contributed by atoms with Crippen molar-refractivity contribution in [2.24, 2.45) is 5.73 Å². The van der Waals surface area contributed by atoms with Gasteiger partial charge in [0.15, 0.2) is 0 Å². The van der Waals surface area contributed by atoms with Gasteiger partial charge in [-0.25, -0.2) is 4.68 Å². The van der Waals surface area contributed by atoms with Gasteiger partial charge in [-0.3, -0.25) is 14.5 Å². The molecule has 1 fully saturated rings. The maximum absolute atomic E-state index is 11.8. The van der Waals surface area contributed by atoms with E-state index in [0.717, 1.165) is 6.42 Å². The fraction of sp³-hybridized carbons (Fsp3) is 0.600. The number of rotatable bonds is 3. The minimum absolute atomic E-state index is 0.0332. The van der Waals surface area contributed by atoms with Gasteiger partial charge in [-0.2, -0.15) is 0 Å². The second-order valence-corrected chi connectivity index (χ2v) is 4.17. The molecule has 1 aliphatic heterocycles. The molecule has 0 radical (unpaired) electrons. The normalized spacial score (nSPS) is 17.5. The summed E-state index contributed by atoms with van der Waals surface area (Å²) < 4.78 is 1.41. The molecule has 1 unspecified atom stereocenters. The lowest BCUT2D eigenvalue weighted by atomic mass is 10.3. The highest BCUT2D eigenvalue weighted by atomic mass is 16.2. The van der Waals surface area contributed by atoms with Crippen LogP contribution in [0.25, 0.3) is 0 Å². The zero-order valence-corrected chi connectivity index (χ0v) is 9.67. The van der Waals surface area contributed by atoms with Crippen LogP contribution in [0.5, 0.6) is 0 Å². The summed E-state index contributed by atoms with van der Waals surface area (Å²) in [5.74, 6) is -0.351. The van der Waals surface area contributed by atoms with Gasteiger partial charge in [0.05, 0.1) is 11.9 Å². The van der Waals surface area contributed by atoms with E-state index in [-0.39, 0.29) is 24.4 Å². The Bertz CT molecular complexity index is 440. The smallest absolute Gasteiger partial charge is 0.250 e. The highest BCUT2D eigenvalue weighted by molar-refractivity contribution is 5.96. The monoisotopic (exact) mass is 237 g/mol. The number of nitrogens with two attached hydrogens (primary N) is 1. The lowest BCUT2D eigenvalue weighted by Crippen LogP contribution is -2.34. The van der Waals surface area contributed by atoms with Crippen molar-refractivity contribution in [2.45, 2.75) is 32.4 Å². The Morgan fingerprint density at radius 3 is 2.94 bits per heavy atom. The van der Waals surface area contributed by atoms with E-state index >= 15 is 0 Å². The Morgan fingerprint density at radius 2 is 2.41 bits per heavy atom. The van der Waals surface area contributed by atoms with E-state index in [0.29, 0.717) is 18.7 Å². The zero-order chi connectivity index (χ0) is 12.4. The summed E-state index contributed by atoms with van der Waals surface area (Å²) in [6.07, 6.45) is 2.82. The highest BCUT2D eigenvalue weighted by Crippen LogP contribution is 2.10. The Kier molecular flexibility index (Phi) is 3.19. The third-order valence-corrected chi connectivity index (χ3v) is 2.69. The molecule has 7 nitrogen and oxygen atoms in total. The fourth-order valence-corrected chi connectivity index (χ4v) is 1.74. The number of nitrogens with zero attached hydrogens (tertiary/aromatic N) is 4. The van der Waals surface area contributed by atoms with Gasteiger partial charge in [0.2, 0.25) is 5.91 Å². The average Bonchev–Trinajstić information content (AvgIpc) is 2.86.